The van der Waals surface area contributed by atoms with Crippen molar-refractivity contribution in [3.05, 3.63) is 72.9 Å². The van der Waals surface area contributed by atoms with Crippen LogP contribution in [0.2, 0.25) is 0 Å². The smallest absolute Gasteiger partial charge is 0.268 e. The molecule has 1 amide bonds. The minimum Gasteiger partial charge on any atom is -0.756 e. The topological polar surface area (TPSA) is 108 Å². The number of phosphoric acid groups is 1. The number of hydrogen-bond donors (Lipinski definition) is 2. The summed E-state index contributed by atoms with van der Waals surface area (Å²) in [5, 5.41) is 13.7. The number of hydrogen-bond acceptors (Lipinski definition) is 6. The first-order valence-corrected chi connectivity index (χ1v) is 23.3. The van der Waals surface area contributed by atoms with Crippen molar-refractivity contribution >= 4 is 13.7 Å². The number of allylic oxidation sites excluding steroid dienone is 11. The molecule has 0 aromatic rings. The summed E-state index contributed by atoms with van der Waals surface area (Å²) in [6.07, 6.45) is 49.4. The summed E-state index contributed by atoms with van der Waals surface area (Å²) < 4.78 is 23.1. The summed E-state index contributed by atoms with van der Waals surface area (Å²) >= 11 is 0. The molecule has 0 bridgehead atoms. The maximum atomic E-state index is 12.8. The second kappa shape index (κ2) is 37.5. The molecule has 9 heteroatoms. The average Bonchev–Trinajstić information content (AvgIpc) is 3.13. The third-order valence-corrected chi connectivity index (χ3v) is 10.1. The van der Waals surface area contributed by atoms with Crippen LogP contribution in [-0.2, 0) is 18.4 Å². The normalized spacial score (nSPS) is 15.1. The van der Waals surface area contributed by atoms with Crippen LogP contribution in [0, 0.1) is 0 Å². The van der Waals surface area contributed by atoms with Crippen LogP contribution >= 0.6 is 7.82 Å². The van der Waals surface area contributed by atoms with Crippen molar-refractivity contribution in [3.8, 4) is 0 Å². The van der Waals surface area contributed by atoms with Gasteiger partial charge in [0.15, 0.2) is 0 Å². The van der Waals surface area contributed by atoms with Gasteiger partial charge >= 0.3 is 0 Å². The summed E-state index contributed by atoms with van der Waals surface area (Å²) in [5.74, 6) is -0.226. The number of amides is 1. The highest BCUT2D eigenvalue weighted by Gasteiger charge is 2.23. The molecule has 3 atom stereocenters. The number of rotatable bonds is 38. The van der Waals surface area contributed by atoms with Crippen molar-refractivity contribution in [1.29, 1.82) is 0 Å². The molecule has 2 N–H and O–H groups in total. The molecule has 8 nitrogen and oxygen atoms in total. The first-order valence-electron chi connectivity index (χ1n) is 21.8. The van der Waals surface area contributed by atoms with Crippen molar-refractivity contribution in [2.45, 2.75) is 174 Å². The lowest BCUT2D eigenvalue weighted by atomic mass is 10.1. The number of nitrogens with one attached hydrogen (secondary N) is 1. The lowest BCUT2D eigenvalue weighted by molar-refractivity contribution is -0.870. The monoisotopic (exact) mass is 791 g/mol. The summed E-state index contributed by atoms with van der Waals surface area (Å²) in [6.45, 7) is 4.47. The Balaban J connectivity index is 4.51. The van der Waals surface area contributed by atoms with Crippen LogP contribution in [0.5, 0.6) is 0 Å². The standard InChI is InChI=1S/C46H83N2O6P/c1-6-8-10-12-14-16-18-20-22-23-24-25-26-28-30-32-34-36-38-40-46(50)47-44(43-54-55(51,52)53-42-41-48(3,4)5)45(49)39-37-35-33-31-29-27-21-19-17-15-13-11-9-7-2/h8,10,14,16,20,22,24-25,29,31,37,39,44-45,49H,6-7,9,11-13,15,17-19,21,23,26-28,30,32-36,38,40-43H2,1-5H3,(H-,47,50,51,52)/b10-8-,16-14-,22-20-,25-24-,31-29+,39-37+. The predicted molar refractivity (Wildman–Crippen MR) is 233 cm³/mol. The van der Waals surface area contributed by atoms with Gasteiger partial charge in [0.05, 0.1) is 39.9 Å². The molecular formula is C46H83N2O6P. The zero-order valence-corrected chi connectivity index (χ0v) is 36.7. The summed E-state index contributed by atoms with van der Waals surface area (Å²) in [4.78, 5) is 25.3. The van der Waals surface area contributed by atoms with Crippen molar-refractivity contribution in [1.82, 2.24) is 5.32 Å². The molecule has 0 fully saturated rings. The van der Waals surface area contributed by atoms with Gasteiger partial charge < -0.3 is 28.8 Å². The van der Waals surface area contributed by atoms with Crippen molar-refractivity contribution in [2.24, 2.45) is 0 Å². The van der Waals surface area contributed by atoms with Gasteiger partial charge in [-0.25, -0.2) is 0 Å². The van der Waals surface area contributed by atoms with Crippen LogP contribution in [0.4, 0.5) is 0 Å². The number of likely N-dealkylation sites (N-methyl/N-ethyl adjacent to an activating group) is 1. The molecular weight excluding hydrogens is 707 g/mol. The van der Waals surface area contributed by atoms with Crippen molar-refractivity contribution < 1.29 is 32.9 Å². The number of unbranched alkanes of at least 4 members (excludes halogenated alkanes) is 15. The molecule has 3 unspecified atom stereocenters. The Labute approximate surface area is 338 Å². The number of carbonyl (C=O) groups is 1. The van der Waals surface area contributed by atoms with E-state index in [9.17, 15) is 19.4 Å². The van der Waals surface area contributed by atoms with Gasteiger partial charge in [-0.05, 0) is 70.6 Å². The summed E-state index contributed by atoms with van der Waals surface area (Å²) in [5.41, 5.74) is 0. The van der Waals surface area contributed by atoms with E-state index >= 15 is 0 Å². The average molecular weight is 791 g/mol. The van der Waals surface area contributed by atoms with Gasteiger partial charge in [0.1, 0.15) is 13.2 Å². The molecule has 0 heterocycles. The molecule has 55 heavy (non-hydrogen) atoms. The molecule has 0 radical (unpaired) electrons. The number of carbonyl (C=O) groups excluding carboxylic acids is 1. The largest absolute Gasteiger partial charge is 0.756 e. The maximum Gasteiger partial charge on any atom is 0.268 e. The molecule has 0 saturated heterocycles. The molecule has 0 aromatic heterocycles. The van der Waals surface area contributed by atoms with Gasteiger partial charge in [-0.1, -0.05) is 157 Å². The van der Waals surface area contributed by atoms with Crippen LogP contribution in [0.15, 0.2) is 72.9 Å². The Morgan fingerprint density at radius 3 is 1.69 bits per heavy atom. The van der Waals surface area contributed by atoms with Gasteiger partial charge in [-0.3, -0.25) is 9.36 Å². The number of phosphoric ester groups is 1. The number of aliphatic hydroxyl groups is 1. The zero-order chi connectivity index (χ0) is 40.7. The van der Waals surface area contributed by atoms with Crippen LogP contribution in [-0.4, -0.2) is 68.5 Å². The van der Waals surface area contributed by atoms with E-state index in [4.69, 9.17) is 9.05 Å². The number of quaternary nitrogens is 1. The molecule has 0 aromatic carbocycles. The van der Waals surface area contributed by atoms with Gasteiger partial charge in [-0.2, -0.15) is 0 Å². The SMILES string of the molecule is CC/C=C\C/C=C\C/C=C\C/C=C\CCCCCCCCC(=O)NC(COP(=O)([O-])OCC[N+](C)(C)C)C(O)/C=C/CC/C=C/CCCCCCCCCC. The molecule has 318 valence electrons. The zero-order valence-electron chi connectivity index (χ0n) is 35.9. The number of aliphatic hydroxyl groups excluding tert-OH is 1. The Morgan fingerprint density at radius 1 is 0.655 bits per heavy atom. The van der Waals surface area contributed by atoms with Crippen LogP contribution in [0.25, 0.3) is 0 Å². The van der Waals surface area contributed by atoms with Crippen LogP contribution < -0.4 is 10.2 Å². The van der Waals surface area contributed by atoms with Crippen LogP contribution in [0.1, 0.15) is 162 Å². The molecule has 0 spiro atoms. The van der Waals surface area contributed by atoms with Gasteiger partial charge in [0.25, 0.3) is 7.82 Å². The molecule has 0 saturated carbocycles. The molecule has 0 aliphatic rings. The maximum absolute atomic E-state index is 12.8. The summed E-state index contributed by atoms with van der Waals surface area (Å²) in [7, 11) is 1.22. The van der Waals surface area contributed by atoms with Crippen molar-refractivity contribution in [3.63, 3.8) is 0 Å². The van der Waals surface area contributed by atoms with E-state index < -0.39 is 26.6 Å². The Bertz CT molecular complexity index is 1120. The third kappa shape index (κ3) is 40.0. The van der Waals surface area contributed by atoms with E-state index in [0.717, 1.165) is 77.0 Å². The van der Waals surface area contributed by atoms with Gasteiger partial charge in [0, 0.05) is 6.42 Å². The van der Waals surface area contributed by atoms with Crippen LogP contribution in [0.3, 0.4) is 0 Å². The third-order valence-electron chi connectivity index (χ3n) is 9.15. The Morgan fingerprint density at radius 2 is 1.13 bits per heavy atom. The van der Waals surface area contributed by atoms with Gasteiger partial charge in [0.2, 0.25) is 5.91 Å². The van der Waals surface area contributed by atoms with E-state index in [2.05, 4.69) is 79.9 Å². The first kappa shape index (κ1) is 52.9. The second-order valence-corrected chi connectivity index (χ2v) is 17.1. The van der Waals surface area contributed by atoms with E-state index in [-0.39, 0.29) is 12.5 Å². The number of nitrogens with zero attached hydrogens (tertiary/aromatic N) is 1. The minimum absolute atomic E-state index is 0.0131. The summed E-state index contributed by atoms with van der Waals surface area (Å²) in [6, 6.07) is -0.913. The fraction of sp³-hybridized carbons (Fsp3) is 0.717. The van der Waals surface area contributed by atoms with E-state index in [1.165, 1.54) is 64.2 Å². The fourth-order valence-electron chi connectivity index (χ4n) is 5.69. The molecule has 0 aliphatic heterocycles. The van der Waals surface area contributed by atoms with E-state index in [1.54, 1.807) is 6.08 Å². The minimum atomic E-state index is -4.60. The second-order valence-electron chi connectivity index (χ2n) is 15.7. The lowest BCUT2D eigenvalue weighted by Gasteiger charge is -2.29. The predicted octanol–water partition coefficient (Wildman–Crippen LogP) is 11.4. The molecule has 0 rings (SSSR count). The van der Waals surface area contributed by atoms with Gasteiger partial charge in [-0.15, -0.1) is 0 Å². The highest BCUT2D eigenvalue weighted by molar-refractivity contribution is 7.45. The van der Waals surface area contributed by atoms with Crippen molar-refractivity contribution in [2.75, 3.05) is 40.9 Å². The highest BCUT2D eigenvalue weighted by atomic mass is 31.2. The van der Waals surface area contributed by atoms with E-state index in [0.29, 0.717) is 17.4 Å². The van der Waals surface area contributed by atoms with E-state index in [1.807, 2.05) is 27.2 Å². The molecule has 0 aliphatic carbocycles. The first-order chi connectivity index (χ1) is 26.5. The Kier molecular flexibility index (Phi) is 36.1. The fourth-order valence-corrected chi connectivity index (χ4v) is 6.41. The quantitative estimate of drug-likeness (QED) is 0.0279. The highest BCUT2D eigenvalue weighted by Crippen LogP contribution is 2.38. The lowest BCUT2D eigenvalue weighted by Crippen LogP contribution is -2.45. The Hall–Kier alpha value is -2.06.